The van der Waals surface area contributed by atoms with Crippen LogP contribution in [-0.2, 0) is 0 Å². The molecule has 0 unspecified atom stereocenters. The summed E-state index contributed by atoms with van der Waals surface area (Å²) in [4.78, 5) is 1.79. The van der Waals surface area contributed by atoms with Gasteiger partial charge in [0.1, 0.15) is 0 Å². The van der Waals surface area contributed by atoms with E-state index in [4.69, 9.17) is 47.8 Å². The first-order chi connectivity index (χ1) is 10.6. The lowest BCUT2D eigenvalue weighted by Gasteiger charge is -2.17. The van der Waals surface area contributed by atoms with Gasteiger partial charge >= 0.3 is 0 Å². The Morgan fingerprint density at radius 2 is 0.636 bits per heavy atom. The van der Waals surface area contributed by atoms with Crippen LogP contribution in [0, 0.1) is 0 Å². The second kappa shape index (κ2) is 37.1. The molecule has 12 N–H and O–H groups in total. The van der Waals surface area contributed by atoms with Crippen LogP contribution in [0.1, 0.15) is 0 Å². The molecule has 10 nitrogen and oxygen atoms in total. The summed E-state index contributed by atoms with van der Waals surface area (Å²) in [6.07, 6.45) is 0. The van der Waals surface area contributed by atoms with Crippen LogP contribution in [0.2, 0.25) is 0 Å². The van der Waals surface area contributed by atoms with Crippen molar-refractivity contribution in [1.82, 2.24) is 4.90 Å². The normalized spacial score (nSPS) is 9.00. The maximum absolute atomic E-state index is 8.48. The van der Waals surface area contributed by atoms with Crippen LogP contribution in [0.3, 0.4) is 0 Å². The SMILES string of the molecule is NCCO.NCCO.NCCO.OCCN(CCO)CCO. The molecule has 140 valence electrons. The number of nitrogens with two attached hydrogens (primary N) is 3. The van der Waals surface area contributed by atoms with Gasteiger partial charge in [-0.25, -0.2) is 0 Å². The van der Waals surface area contributed by atoms with E-state index in [1.165, 1.54) is 0 Å². The summed E-state index contributed by atoms with van der Waals surface area (Å²) in [5.41, 5.74) is 14.3. The zero-order valence-corrected chi connectivity index (χ0v) is 13.3. The fourth-order valence-electron chi connectivity index (χ4n) is 0.760. The van der Waals surface area contributed by atoms with Crippen molar-refractivity contribution < 1.29 is 30.6 Å². The first-order valence-corrected chi connectivity index (χ1v) is 7.07. The van der Waals surface area contributed by atoms with Crippen LogP contribution < -0.4 is 17.2 Å². The summed E-state index contributed by atoms with van der Waals surface area (Å²) in [6, 6.07) is 0. The predicted molar refractivity (Wildman–Crippen MR) is 86.1 cm³/mol. The van der Waals surface area contributed by atoms with E-state index < -0.39 is 0 Å². The highest BCUT2D eigenvalue weighted by Gasteiger charge is 2.00. The van der Waals surface area contributed by atoms with Crippen molar-refractivity contribution in [1.29, 1.82) is 0 Å². The summed E-state index contributed by atoms with van der Waals surface area (Å²) in [5, 5.41) is 48.7. The summed E-state index contributed by atoms with van der Waals surface area (Å²) in [6.45, 7) is 3.17. The highest BCUT2D eigenvalue weighted by molar-refractivity contribution is 4.54. The van der Waals surface area contributed by atoms with E-state index in [0.717, 1.165) is 0 Å². The van der Waals surface area contributed by atoms with Crippen LogP contribution >= 0.6 is 0 Å². The second-order valence-corrected chi connectivity index (χ2v) is 3.55. The predicted octanol–water partition coefficient (Wildman–Crippen LogP) is -4.92. The molecule has 0 spiro atoms. The zero-order valence-electron chi connectivity index (χ0n) is 13.3. The minimum Gasteiger partial charge on any atom is -0.395 e. The Balaban J connectivity index is -0.000000112. The van der Waals surface area contributed by atoms with Gasteiger partial charge < -0.3 is 47.8 Å². The summed E-state index contributed by atoms with van der Waals surface area (Å²) in [7, 11) is 0. The van der Waals surface area contributed by atoms with Crippen molar-refractivity contribution in [3.8, 4) is 0 Å². The third-order valence-corrected chi connectivity index (χ3v) is 1.64. The molecule has 0 saturated heterocycles. The van der Waals surface area contributed by atoms with E-state index in [1.807, 2.05) is 0 Å². The van der Waals surface area contributed by atoms with Gasteiger partial charge in [-0.05, 0) is 0 Å². The second-order valence-electron chi connectivity index (χ2n) is 3.55. The fourth-order valence-corrected chi connectivity index (χ4v) is 0.760. The Labute approximate surface area is 132 Å². The molecular formula is C12H36N4O6. The Hall–Kier alpha value is -0.400. The van der Waals surface area contributed by atoms with Crippen molar-refractivity contribution in [2.24, 2.45) is 17.2 Å². The minimum absolute atomic E-state index is 0.0694. The molecule has 0 rings (SSSR count). The number of hydrogen-bond donors (Lipinski definition) is 9. The zero-order chi connectivity index (χ0) is 18.1. The molecule has 0 amide bonds. The van der Waals surface area contributed by atoms with Gasteiger partial charge in [-0.15, -0.1) is 0 Å². The highest BCUT2D eigenvalue weighted by atomic mass is 16.3. The van der Waals surface area contributed by atoms with Crippen molar-refractivity contribution in [3.05, 3.63) is 0 Å². The lowest BCUT2D eigenvalue weighted by molar-refractivity contribution is 0.136. The van der Waals surface area contributed by atoms with Crippen LogP contribution in [-0.4, -0.2) is 114 Å². The Morgan fingerprint density at radius 1 is 0.455 bits per heavy atom. The quantitative estimate of drug-likeness (QED) is 0.197. The van der Waals surface area contributed by atoms with Gasteiger partial charge in [0, 0.05) is 39.3 Å². The van der Waals surface area contributed by atoms with E-state index in [9.17, 15) is 0 Å². The molecule has 10 heteroatoms. The lowest BCUT2D eigenvalue weighted by atomic mass is 10.4. The van der Waals surface area contributed by atoms with E-state index in [0.29, 0.717) is 39.3 Å². The molecule has 0 atom stereocenters. The van der Waals surface area contributed by atoms with Crippen LogP contribution in [0.15, 0.2) is 0 Å². The van der Waals surface area contributed by atoms with Crippen molar-refractivity contribution >= 4 is 0 Å². The lowest BCUT2D eigenvalue weighted by Crippen LogP contribution is -2.32. The van der Waals surface area contributed by atoms with E-state index in [1.54, 1.807) is 4.90 Å². The van der Waals surface area contributed by atoms with Crippen molar-refractivity contribution in [2.45, 2.75) is 0 Å². The molecule has 22 heavy (non-hydrogen) atoms. The van der Waals surface area contributed by atoms with Crippen LogP contribution in [0.4, 0.5) is 0 Å². The molecule has 0 aromatic rings. The third-order valence-electron chi connectivity index (χ3n) is 1.64. The van der Waals surface area contributed by atoms with Gasteiger partial charge in [-0.1, -0.05) is 0 Å². The van der Waals surface area contributed by atoms with Gasteiger partial charge in [-0.3, -0.25) is 4.90 Å². The summed E-state index contributed by atoms with van der Waals surface area (Å²) < 4.78 is 0. The molecule has 0 saturated carbocycles. The molecule has 0 radical (unpaired) electrons. The summed E-state index contributed by atoms with van der Waals surface area (Å²) >= 11 is 0. The molecule has 0 aliphatic rings. The topological polar surface area (TPSA) is 203 Å². The van der Waals surface area contributed by atoms with Gasteiger partial charge in [-0.2, -0.15) is 0 Å². The minimum atomic E-state index is 0.0694. The first kappa shape index (κ1) is 29.6. The van der Waals surface area contributed by atoms with Crippen molar-refractivity contribution in [3.63, 3.8) is 0 Å². The molecule has 0 heterocycles. The number of aliphatic hydroxyl groups excluding tert-OH is 6. The van der Waals surface area contributed by atoms with Crippen molar-refractivity contribution in [2.75, 3.05) is 78.9 Å². The fraction of sp³-hybridized carbons (Fsp3) is 1.00. The maximum Gasteiger partial charge on any atom is 0.0558 e. The highest BCUT2D eigenvalue weighted by Crippen LogP contribution is 1.84. The number of nitrogens with zero attached hydrogens (tertiary/aromatic N) is 1. The molecule has 0 bridgehead atoms. The van der Waals surface area contributed by atoms with Gasteiger partial charge in [0.25, 0.3) is 0 Å². The Bertz CT molecular complexity index is 119. The Morgan fingerprint density at radius 3 is 0.727 bits per heavy atom. The molecule has 0 aromatic heterocycles. The number of hydrogen-bond acceptors (Lipinski definition) is 10. The Kier molecular flexibility index (Phi) is 49.9. The molecule has 0 aromatic carbocycles. The van der Waals surface area contributed by atoms with E-state index in [2.05, 4.69) is 0 Å². The van der Waals surface area contributed by atoms with Gasteiger partial charge in [0.05, 0.1) is 39.6 Å². The first-order valence-electron chi connectivity index (χ1n) is 7.07. The summed E-state index contributed by atoms with van der Waals surface area (Å²) in [5.74, 6) is 0. The van der Waals surface area contributed by atoms with Crippen LogP contribution in [0.25, 0.3) is 0 Å². The van der Waals surface area contributed by atoms with E-state index in [-0.39, 0.29) is 39.6 Å². The third kappa shape index (κ3) is 50.4. The standard InChI is InChI=1S/C6H15NO3.3C2H7NO/c8-4-1-7(2-5-9)3-6-10;3*3-1-2-4/h8-10H,1-6H2;3*4H,1-3H2. The average molecular weight is 332 g/mol. The van der Waals surface area contributed by atoms with Crippen LogP contribution in [0.5, 0.6) is 0 Å². The molecule has 0 aliphatic carbocycles. The monoisotopic (exact) mass is 332 g/mol. The van der Waals surface area contributed by atoms with Gasteiger partial charge in [0.2, 0.25) is 0 Å². The average Bonchev–Trinajstić information content (AvgIpc) is 2.56. The molecule has 0 aliphatic heterocycles. The maximum atomic E-state index is 8.48. The van der Waals surface area contributed by atoms with Gasteiger partial charge in [0.15, 0.2) is 0 Å². The largest absolute Gasteiger partial charge is 0.395 e. The molecule has 0 fully saturated rings. The number of aliphatic hydroxyl groups is 6. The smallest absolute Gasteiger partial charge is 0.0558 e. The number of rotatable bonds is 9. The molecular weight excluding hydrogens is 296 g/mol. The van der Waals surface area contributed by atoms with E-state index >= 15 is 0 Å².